The minimum atomic E-state index is -0.773. The van der Waals surface area contributed by atoms with Crippen LogP contribution >= 0.6 is 0 Å². The quantitative estimate of drug-likeness (QED) is 0.635. The number of aryl methyl sites for hydroxylation is 1. The van der Waals surface area contributed by atoms with Crippen LogP contribution in [-0.4, -0.2) is 26.0 Å². The Morgan fingerprint density at radius 1 is 1.08 bits per heavy atom. The van der Waals surface area contributed by atoms with Crippen LogP contribution in [0.3, 0.4) is 0 Å². The fourth-order valence-electron chi connectivity index (χ4n) is 2.37. The first-order valence-corrected chi connectivity index (χ1v) is 7.45. The van der Waals surface area contributed by atoms with E-state index in [1.807, 2.05) is 13.0 Å². The number of nitrogens with one attached hydrogen (secondary N) is 1. The molecular formula is C18H15N3O4. The molecule has 3 aromatic rings. The van der Waals surface area contributed by atoms with Gasteiger partial charge in [0.05, 0.1) is 5.69 Å². The van der Waals surface area contributed by atoms with Crippen LogP contribution in [0.15, 0.2) is 63.1 Å². The first-order valence-electron chi connectivity index (χ1n) is 7.45. The monoisotopic (exact) mass is 337 g/mol. The van der Waals surface area contributed by atoms with E-state index >= 15 is 0 Å². The van der Waals surface area contributed by atoms with Crippen molar-refractivity contribution in [2.24, 2.45) is 4.99 Å². The number of H-pyrrole nitrogens is 1. The summed E-state index contributed by atoms with van der Waals surface area (Å²) >= 11 is 0. The van der Waals surface area contributed by atoms with Crippen molar-refractivity contribution in [3.8, 4) is 17.3 Å². The lowest BCUT2D eigenvalue weighted by molar-refractivity contribution is 0.430. The van der Waals surface area contributed by atoms with Gasteiger partial charge in [-0.2, -0.15) is 0 Å². The molecule has 1 aromatic heterocycles. The van der Waals surface area contributed by atoms with E-state index in [-0.39, 0.29) is 17.0 Å². The lowest BCUT2D eigenvalue weighted by Gasteiger charge is -2.10. The summed E-state index contributed by atoms with van der Waals surface area (Å²) in [5.41, 5.74) is -0.187. The van der Waals surface area contributed by atoms with E-state index in [1.165, 1.54) is 6.07 Å². The number of aliphatic imine (C=N–C) groups is 1. The normalized spacial score (nSPS) is 11.1. The molecule has 0 saturated heterocycles. The van der Waals surface area contributed by atoms with Gasteiger partial charge in [0.15, 0.2) is 0 Å². The summed E-state index contributed by atoms with van der Waals surface area (Å²) in [5, 5.41) is 20.1. The summed E-state index contributed by atoms with van der Waals surface area (Å²) < 4.78 is 0.987. The van der Waals surface area contributed by atoms with Gasteiger partial charge in [0.25, 0.3) is 5.56 Å². The average molecular weight is 337 g/mol. The highest BCUT2D eigenvalue weighted by Gasteiger charge is 2.14. The number of phenolic OH excluding ortho intramolecular Hbond substituents is 1. The molecule has 25 heavy (non-hydrogen) atoms. The number of rotatable bonds is 3. The number of aromatic hydroxyl groups is 2. The van der Waals surface area contributed by atoms with Gasteiger partial charge in [-0.3, -0.25) is 14.8 Å². The van der Waals surface area contributed by atoms with E-state index < -0.39 is 17.1 Å². The number of benzene rings is 2. The van der Waals surface area contributed by atoms with Gasteiger partial charge < -0.3 is 10.2 Å². The molecule has 0 aliphatic carbocycles. The lowest BCUT2D eigenvalue weighted by Crippen LogP contribution is -2.31. The van der Waals surface area contributed by atoms with Crippen molar-refractivity contribution >= 4 is 11.9 Å². The van der Waals surface area contributed by atoms with Gasteiger partial charge in [0, 0.05) is 6.21 Å². The summed E-state index contributed by atoms with van der Waals surface area (Å²) in [6.45, 7) is 1.85. The van der Waals surface area contributed by atoms with Crippen molar-refractivity contribution < 1.29 is 10.2 Å². The molecule has 0 atom stereocenters. The van der Waals surface area contributed by atoms with Crippen LogP contribution in [0.1, 0.15) is 11.1 Å². The Bertz CT molecular complexity index is 1080. The van der Waals surface area contributed by atoms with Crippen LogP contribution < -0.4 is 11.2 Å². The van der Waals surface area contributed by atoms with Gasteiger partial charge in [0.2, 0.25) is 5.88 Å². The smallest absolute Gasteiger partial charge is 0.335 e. The number of nitrogens with zero attached hydrogens (tertiary/aromatic N) is 2. The second-order valence-corrected chi connectivity index (χ2v) is 5.42. The molecule has 1 heterocycles. The van der Waals surface area contributed by atoms with E-state index in [9.17, 15) is 19.8 Å². The fraction of sp³-hybridized carbons (Fsp3) is 0.0556. The van der Waals surface area contributed by atoms with Gasteiger partial charge in [0.1, 0.15) is 17.0 Å². The van der Waals surface area contributed by atoms with Gasteiger partial charge in [-0.25, -0.2) is 9.36 Å². The third-order valence-electron chi connectivity index (χ3n) is 3.60. The lowest BCUT2D eigenvalue weighted by atomic mass is 10.2. The zero-order valence-electron chi connectivity index (χ0n) is 13.3. The number of para-hydroxylation sites is 2. The number of hydrogen-bond acceptors (Lipinski definition) is 5. The highest BCUT2D eigenvalue weighted by molar-refractivity contribution is 5.84. The minimum Gasteiger partial charge on any atom is -0.506 e. The second kappa shape index (κ2) is 6.48. The summed E-state index contributed by atoms with van der Waals surface area (Å²) in [6, 6.07) is 13.2. The highest BCUT2D eigenvalue weighted by Crippen LogP contribution is 2.25. The predicted molar refractivity (Wildman–Crippen MR) is 94.4 cm³/mol. The zero-order valence-corrected chi connectivity index (χ0v) is 13.3. The third kappa shape index (κ3) is 3.20. The van der Waals surface area contributed by atoms with E-state index in [0.29, 0.717) is 5.69 Å². The van der Waals surface area contributed by atoms with Crippen LogP contribution in [0.25, 0.3) is 5.69 Å². The van der Waals surface area contributed by atoms with Crippen LogP contribution in [-0.2, 0) is 0 Å². The number of aromatic amines is 1. The van der Waals surface area contributed by atoms with Crippen molar-refractivity contribution in [1.82, 2.24) is 9.55 Å². The maximum Gasteiger partial charge on any atom is 0.335 e. The minimum absolute atomic E-state index is 0.0679. The van der Waals surface area contributed by atoms with E-state index in [1.54, 1.807) is 36.4 Å². The largest absolute Gasteiger partial charge is 0.506 e. The topological polar surface area (TPSA) is 108 Å². The zero-order chi connectivity index (χ0) is 18.0. The molecule has 0 fully saturated rings. The van der Waals surface area contributed by atoms with Crippen LogP contribution in [0.5, 0.6) is 11.6 Å². The van der Waals surface area contributed by atoms with Gasteiger partial charge >= 0.3 is 5.69 Å². The molecule has 0 aliphatic rings. The van der Waals surface area contributed by atoms with Crippen LogP contribution in [0.2, 0.25) is 0 Å². The Morgan fingerprint density at radius 3 is 2.56 bits per heavy atom. The van der Waals surface area contributed by atoms with Crippen molar-refractivity contribution in [1.29, 1.82) is 0 Å². The molecule has 0 radical (unpaired) electrons. The van der Waals surface area contributed by atoms with E-state index in [4.69, 9.17) is 0 Å². The van der Waals surface area contributed by atoms with Crippen molar-refractivity contribution in [2.75, 3.05) is 0 Å². The maximum absolute atomic E-state index is 12.1. The molecule has 0 spiro atoms. The molecule has 0 aliphatic heterocycles. The summed E-state index contributed by atoms with van der Waals surface area (Å²) in [7, 11) is 0. The molecule has 2 aromatic carbocycles. The standard InChI is InChI=1S/C18H15N3O4/c1-11-5-4-6-12(9-11)21-17(24)13(16(23)20-18(21)25)10-19-14-7-2-3-8-15(14)22/h2-10,22,24H,1H3,(H,20,23,25). The summed E-state index contributed by atoms with van der Waals surface area (Å²) in [4.78, 5) is 30.3. The van der Waals surface area contributed by atoms with Crippen molar-refractivity contribution in [3.63, 3.8) is 0 Å². The van der Waals surface area contributed by atoms with Gasteiger partial charge in [-0.15, -0.1) is 0 Å². The Kier molecular flexibility index (Phi) is 4.21. The molecule has 0 amide bonds. The predicted octanol–water partition coefficient (Wildman–Crippen LogP) is 2.00. The summed E-state index contributed by atoms with van der Waals surface area (Å²) in [6.07, 6.45) is 1.11. The first kappa shape index (κ1) is 16.3. The molecule has 0 unspecified atom stereocenters. The Balaban J connectivity index is 2.16. The molecular weight excluding hydrogens is 322 g/mol. The van der Waals surface area contributed by atoms with Crippen molar-refractivity contribution in [3.05, 3.63) is 80.5 Å². The van der Waals surface area contributed by atoms with Crippen LogP contribution in [0, 0.1) is 6.92 Å². The second-order valence-electron chi connectivity index (χ2n) is 5.42. The SMILES string of the molecule is Cc1cccc(-n2c(O)c(C=Nc3ccccc3O)c(=O)[nH]c2=O)c1. The number of aromatic nitrogens is 2. The third-order valence-corrected chi connectivity index (χ3v) is 3.60. The number of phenols is 1. The fourth-order valence-corrected chi connectivity index (χ4v) is 2.37. The van der Waals surface area contributed by atoms with Gasteiger partial charge in [-0.05, 0) is 36.8 Å². The maximum atomic E-state index is 12.1. The molecule has 3 rings (SSSR count). The molecule has 0 bridgehead atoms. The average Bonchev–Trinajstić information content (AvgIpc) is 2.56. The van der Waals surface area contributed by atoms with Gasteiger partial charge in [-0.1, -0.05) is 24.3 Å². The molecule has 126 valence electrons. The number of hydrogen-bond donors (Lipinski definition) is 3. The molecule has 7 heteroatoms. The Labute approximate surface area is 142 Å². The highest BCUT2D eigenvalue weighted by atomic mass is 16.3. The Hall–Kier alpha value is -3.61. The molecule has 7 nitrogen and oxygen atoms in total. The Morgan fingerprint density at radius 2 is 1.84 bits per heavy atom. The molecule has 3 N–H and O–H groups in total. The van der Waals surface area contributed by atoms with Crippen molar-refractivity contribution in [2.45, 2.75) is 6.92 Å². The molecule has 0 saturated carbocycles. The first-order chi connectivity index (χ1) is 12.0. The van der Waals surface area contributed by atoms with E-state index in [0.717, 1.165) is 16.3 Å². The van der Waals surface area contributed by atoms with E-state index in [2.05, 4.69) is 9.98 Å². The summed E-state index contributed by atoms with van der Waals surface area (Å²) in [5.74, 6) is -0.597. The van der Waals surface area contributed by atoms with Crippen LogP contribution in [0.4, 0.5) is 5.69 Å².